The highest BCUT2D eigenvalue weighted by Gasteiger charge is 2.13. The number of halogens is 2. The summed E-state index contributed by atoms with van der Waals surface area (Å²) >= 11 is 6.34. The van der Waals surface area contributed by atoms with Crippen LogP contribution in [0.3, 0.4) is 0 Å². The molecule has 0 atom stereocenters. The van der Waals surface area contributed by atoms with Crippen LogP contribution in [0, 0.1) is 5.82 Å². The van der Waals surface area contributed by atoms with Crippen molar-refractivity contribution in [3.05, 3.63) is 59.0 Å². The molecule has 3 rings (SSSR count). The number of amides is 1. The molecule has 26 heavy (non-hydrogen) atoms. The Morgan fingerprint density at radius 2 is 2.04 bits per heavy atom. The third-order valence-electron chi connectivity index (χ3n) is 4.24. The Balaban J connectivity index is 1.77. The second kappa shape index (κ2) is 7.89. The van der Waals surface area contributed by atoms with Gasteiger partial charge in [-0.05, 0) is 63.0 Å². The quantitative estimate of drug-likeness (QED) is 0.632. The summed E-state index contributed by atoms with van der Waals surface area (Å²) in [5.41, 5.74) is 2.96. The molecule has 0 saturated carbocycles. The number of aromatic amines is 1. The van der Waals surface area contributed by atoms with Gasteiger partial charge in [-0.15, -0.1) is 0 Å². The van der Waals surface area contributed by atoms with Crippen molar-refractivity contribution in [3.63, 3.8) is 0 Å². The minimum absolute atomic E-state index is 0.179. The van der Waals surface area contributed by atoms with Crippen LogP contribution < -0.4 is 5.32 Å². The summed E-state index contributed by atoms with van der Waals surface area (Å²) < 4.78 is 13.3. The first-order chi connectivity index (χ1) is 12.5. The maximum absolute atomic E-state index is 13.3. The first kappa shape index (κ1) is 18.4. The molecule has 1 amide bonds. The van der Waals surface area contributed by atoms with E-state index in [0.29, 0.717) is 17.1 Å². The topological polar surface area (TPSA) is 48.1 Å². The van der Waals surface area contributed by atoms with Crippen LogP contribution in [0.15, 0.2) is 42.6 Å². The number of aromatic nitrogens is 1. The number of fused-ring (bicyclic) bond motifs is 1. The summed E-state index contributed by atoms with van der Waals surface area (Å²) in [7, 11) is 3.99. The van der Waals surface area contributed by atoms with E-state index in [2.05, 4.69) is 15.2 Å². The zero-order chi connectivity index (χ0) is 18.7. The van der Waals surface area contributed by atoms with E-state index in [1.165, 1.54) is 12.1 Å². The highest BCUT2D eigenvalue weighted by Crippen LogP contribution is 2.31. The van der Waals surface area contributed by atoms with Gasteiger partial charge in [0.1, 0.15) is 5.82 Å². The second-order valence-corrected chi connectivity index (χ2v) is 6.91. The van der Waals surface area contributed by atoms with Gasteiger partial charge in [-0.1, -0.05) is 17.7 Å². The fraction of sp³-hybridized carbons (Fsp3) is 0.250. The molecule has 2 aromatic carbocycles. The molecule has 0 unspecified atom stereocenters. The lowest BCUT2D eigenvalue weighted by atomic mass is 10.0. The van der Waals surface area contributed by atoms with Gasteiger partial charge in [0.15, 0.2) is 0 Å². The molecule has 0 fully saturated rings. The molecule has 0 bridgehead atoms. The first-order valence-corrected chi connectivity index (χ1v) is 8.83. The fourth-order valence-corrected chi connectivity index (χ4v) is 3.16. The Morgan fingerprint density at radius 3 is 2.77 bits per heavy atom. The molecule has 0 radical (unpaired) electrons. The minimum atomic E-state index is -0.287. The molecule has 136 valence electrons. The van der Waals surface area contributed by atoms with Gasteiger partial charge in [0, 0.05) is 29.2 Å². The van der Waals surface area contributed by atoms with Gasteiger partial charge in [-0.2, -0.15) is 0 Å². The summed E-state index contributed by atoms with van der Waals surface area (Å²) in [5, 5.41) is 4.19. The standard InChI is InChI=1S/C20H21ClFN3O/c1-25(2)9-3-8-23-20(26)16-6-4-13(10-18(16)21)17-12-24-19-11-14(22)5-7-15(17)19/h4-7,10-12,24H,3,8-9H2,1-2H3,(H,23,26). The van der Waals surface area contributed by atoms with Crippen molar-refractivity contribution in [3.8, 4) is 11.1 Å². The lowest BCUT2D eigenvalue weighted by Gasteiger charge is -2.11. The number of rotatable bonds is 6. The zero-order valence-electron chi connectivity index (χ0n) is 14.8. The van der Waals surface area contributed by atoms with Crippen LogP contribution in [0.1, 0.15) is 16.8 Å². The molecular weight excluding hydrogens is 353 g/mol. The minimum Gasteiger partial charge on any atom is -0.360 e. The van der Waals surface area contributed by atoms with Crippen molar-refractivity contribution >= 4 is 28.4 Å². The fourth-order valence-electron chi connectivity index (χ4n) is 2.90. The first-order valence-electron chi connectivity index (χ1n) is 8.45. The lowest BCUT2D eigenvalue weighted by molar-refractivity contribution is 0.0952. The number of nitrogens with one attached hydrogen (secondary N) is 2. The van der Waals surface area contributed by atoms with Gasteiger partial charge in [-0.3, -0.25) is 4.79 Å². The predicted molar refractivity (Wildman–Crippen MR) is 104 cm³/mol. The predicted octanol–water partition coefficient (Wildman–Crippen LogP) is 4.31. The zero-order valence-corrected chi connectivity index (χ0v) is 15.5. The van der Waals surface area contributed by atoms with Crippen molar-refractivity contribution in [1.82, 2.24) is 15.2 Å². The van der Waals surface area contributed by atoms with Crippen LogP contribution in [0.25, 0.3) is 22.0 Å². The molecule has 1 heterocycles. The van der Waals surface area contributed by atoms with E-state index in [9.17, 15) is 9.18 Å². The molecule has 3 aromatic rings. The second-order valence-electron chi connectivity index (χ2n) is 6.50. The Morgan fingerprint density at radius 1 is 1.23 bits per heavy atom. The van der Waals surface area contributed by atoms with Crippen LogP contribution >= 0.6 is 11.6 Å². The van der Waals surface area contributed by atoms with Crippen LogP contribution in [0.5, 0.6) is 0 Å². The number of carbonyl (C=O) groups is 1. The van der Waals surface area contributed by atoms with E-state index in [0.717, 1.165) is 35.0 Å². The van der Waals surface area contributed by atoms with Gasteiger partial charge in [0.2, 0.25) is 0 Å². The van der Waals surface area contributed by atoms with E-state index in [4.69, 9.17) is 11.6 Å². The molecular formula is C20H21ClFN3O. The molecule has 0 aliphatic carbocycles. The number of H-pyrrole nitrogens is 1. The molecule has 0 aliphatic rings. The Hall–Kier alpha value is -2.37. The smallest absolute Gasteiger partial charge is 0.252 e. The summed E-state index contributed by atoms with van der Waals surface area (Å²) in [5.74, 6) is -0.466. The van der Waals surface area contributed by atoms with Gasteiger partial charge in [0.05, 0.1) is 10.6 Å². The number of benzene rings is 2. The van der Waals surface area contributed by atoms with E-state index in [1.807, 2.05) is 26.4 Å². The van der Waals surface area contributed by atoms with Crippen molar-refractivity contribution in [2.45, 2.75) is 6.42 Å². The molecule has 2 N–H and O–H groups in total. The van der Waals surface area contributed by atoms with E-state index < -0.39 is 0 Å². The van der Waals surface area contributed by atoms with Crippen molar-refractivity contribution in [2.24, 2.45) is 0 Å². The summed E-state index contributed by atoms with van der Waals surface area (Å²) in [6, 6.07) is 9.96. The monoisotopic (exact) mass is 373 g/mol. The molecule has 4 nitrogen and oxygen atoms in total. The van der Waals surface area contributed by atoms with Crippen LogP contribution in [-0.4, -0.2) is 43.0 Å². The van der Waals surface area contributed by atoms with Crippen molar-refractivity contribution < 1.29 is 9.18 Å². The summed E-state index contributed by atoms with van der Waals surface area (Å²) in [4.78, 5) is 17.4. The van der Waals surface area contributed by atoms with Gasteiger partial charge < -0.3 is 15.2 Å². The summed E-state index contributed by atoms with van der Waals surface area (Å²) in [6.07, 6.45) is 2.69. The van der Waals surface area contributed by atoms with Crippen LogP contribution in [-0.2, 0) is 0 Å². The van der Waals surface area contributed by atoms with E-state index in [-0.39, 0.29) is 11.7 Å². The Kier molecular flexibility index (Phi) is 5.59. The van der Waals surface area contributed by atoms with E-state index >= 15 is 0 Å². The summed E-state index contributed by atoms with van der Waals surface area (Å²) in [6.45, 7) is 1.51. The number of carbonyl (C=O) groups excluding carboxylic acids is 1. The molecule has 1 aromatic heterocycles. The van der Waals surface area contributed by atoms with E-state index in [1.54, 1.807) is 18.2 Å². The van der Waals surface area contributed by atoms with Crippen LogP contribution in [0.4, 0.5) is 4.39 Å². The van der Waals surface area contributed by atoms with Crippen LogP contribution in [0.2, 0.25) is 5.02 Å². The normalized spacial score (nSPS) is 11.3. The highest BCUT2D eigenvalue weighted by atomic mass is 35.5. The maximum Gasteiger partial charge on any atom is 0.252 e. The highest BCUT2D eigenvalue weighted by molar-refractivity contribution is 6.34. The SMILES string of the molecule is CN(C)CCCNC(=O)c1ccc(-c2c[nH]c3cc(F)ccc23)cc1Cl. The molecule has 0 spiro atoms. The molecule has 0 saturated heterocycles. The Labute approximate surface area is 157 Å². The third-order valence-corrected chi connectivity index (χ3v) is 4.55. The number of nitrogens with zero attached hydrogens (tertiary/aromatic N) is 1. The van der Waals surface area contributed by atoms with Crippen molar-refractivity contribution in [2.75, 3.05) is 27.2 Å². The number of hydrogen-bond donors (Lipinski definition) is 2. The van der Waals surface area contributed by atoms with Gasteiger partial charge in [0.25, 0.3) is 5.91 Å². The average molecular weight is 374 g/mol. The maximum atomic E-state index is 13.3. The largest absolute Gasteiger partial charge is 0.360 e. The molecule has 6 heteroatoms. The number of hydrogen-bond acceptors (Lipinski definition) is 2. The van der Waals surface area contributed by atoms with Crippen molar-refractivity contribution in [1.29, 1.82) is 0 Å². The third kappa shape index (κ3) is 4.06. The van der Waals surface area contributed by atoms with Gasteiger partial charge >= 0.3 is 0 Å². The molecule has 0 aliphatic heterocycles. The Bertz CT molecular complexity index is 936. The van der Waals surface area contributed by atoms with Gasteiger partial charge in [-0.25, -0.2) is 4.39 Å². The average Bonchev–Trinajstić information content (AvgIpc) is 3.01. The lowest BCUT2D eigenvalue weighted by Crippen LogP contribution is -2.27.